The Bertz CT molecular complexity index is 385. The van der Waals surface area contributed by atoms with E-state index in [0.29, 0.717) is 13.1 Å². The summed E-state index contributed by atoms with van der Waals surface area (Å²) in [6.45, 7) is 0.765. The van der Waals surface area contributed by atoms with Crippen molar-refractivity contribution in [3.63, 3.8) is 0 Å². The van der Waals surface area contributed by atoms with Crippen LogP contribution in [0.3, 0.4) is 0 Å². The highest BCUT2D eigenvalue weighted by atomic mass is 16.2. The molecule has 0 saturated heterocycles. The number of hydrogen-bond donors (Lipinski definition) is 2. The van der Waals surface area contributed by atoms with Crippen LogP contribution in [0.15, 0.2) is 16.9 Å². The SMILES string of the molecule is Cn1nc(C(=O)NCCN)ccc1=O. The summed E-state index contributed by atoms with van der Waals surface area (Å²) >= 11 is 0. The van der Waals surface area contributed by atoms with E-state index in [1.54, 1.807) is 0 Å². The van der Waals surface area contributed by atoms with Gasteiger partial charge in [0.1, 0.15) is 5.69 Å². The fraction of sp³-hybridized carbons (Fsp3) is 0.375. The molecule has 1 rings (SSSR count). The number of hydrogen-bond acceptors (Lipinski definition) is 4. The van der Waals surface area contributed by atoms with E-state index in [2.05, 4.69) is 10.4 Å². The van der Waals surface area contributed by atoms with E-state index in [-0.39, 0.29) is 17.2 Å². The molecule has 0 aliphatic carbocycles. The van der Waals surface area contributed by atoms with Crippen LogP contribution in [0.2, 0.25) is 0 Å². The minimum Gasteiger partial charge on any atom is -0.349 e. The van der Waals surface area contributed by atoms with Gasteiger partial charge in [0, 0.05) is 26.2 Å². The van der Waals surface area contributed by atoms with Crippen LogP contribution in [0, 0.1) is 0 Å². The summed E-state index contributed by atoms with van der Waals surface area (Å²) in [5.41, 5.74) is 5.18. The summed E-state index contributed by atoms with van der Waals surface area (Å²) in [6, 6.07) is 2.68. The smallest absolute Gasteiger partial charge is 0.271 e. The van der Waals surface area contributed by atoms with Gasteiger partial charge in [-0.1, -0.05) is 0 Å². The third-order valence-electron chi connectivity index (χ3n) is 1.62. The predicted molar refractivity (Wildman–Crippen MR) is 50.9 cm³/mol. The van der Waals surface area contributed by atoms with Crippen molar-refractivity contribution in [1.29, 1.82) is 0 Å². The minimum atomic E-state index is -0.328. The number of aromatic nitrogens is 2. The van der Waals surface area contributed by atoms with Crippen LogP contribution in [0.1, 0.15) is 10.5 Å². The van der Waals surface area contributed by atoms with Crippen LogP contribution >= 0.6 is 0 Å². The fourth-order valence-electron chi connectivity index (χ4n) is 0.900. The van der Waals surface area contributed by atoms with Crippen molar-refractivity contribution in [3.8, 4) is 0 Å². The number of aryl methyl sites for hydroxylation is 1. The lowest BCUT2D eigenvalue weighted by Gasteiger charge is -2.03. The summed E-state index contributed by atoms with van der Waals surface area (Å²) in [4.78, 5) is 22.3. The van der Waals surface area contributed by atoms with Crippen LogP contribution < -0.4 is 16.6 Å². The zero-order valence-electron chi connectivity index (χ0n) is 7.86. The number of nitrogens with one attached hydrogen (secondary N) is 1. The zero-order chi connectivity index (χ0) is 10.6. The molecule has 0 radical (unpaired) electrons. The Kier molecular flexibility index (Phi) is 3.35. The molecule has 1 amide bonds. The maximum absolute atomic E-state index is 11.3. The molecule has 0 saturated carbocycles. The summed E-state index contributed by atoms with van der Waals surface area (Å²) in [7, 11) is 1.49. The summed E-state index contributed by atoms with van der Waals surface area (Å²) in [6.07, 6.45) is 0. The molecule has 1 heterocycles. The van der Waals surface area contributed by atoms with Gasteiger partial charge >= 0.3 is 0 Å². The maximum Gasteiger partial charge on any atom is 0.271 e. The second kappa shape index (κ2) is 4.52. The van der Waals surface area contributed by atoms with Crippen molar-refractivity contribution in [2.45, 2.75) is 0 Å². The average Bonchev–Trinajstić information content (AvgIpc) is 2.18. The van der Waals surface area contributed by atoms with Gasteiger partial charge in [0.25, 0.3) is 11.5 Å². The third kappa shape index (κ3) is 2.40. The van der Waals surface area contributed by atoms with Gasteiger partial charge in [-0.25, -0.2) is 4.68 Å². The van der Waals surface area contributed by atoms with Gasteiger partial charge in [0.2, 0.25) is 0 Å². The van der Waals surface area contributed by atoms with E-state index in [1.807, 2.05) is 0 Å². The van der Waals surface area contributed by atoms with Crippen molar-refractivity contribution in [1.82, 2.24) is 15.1 Å². The number of carbonyl (C=O) groups excluding carboxylic acids is 1. The molecular weight excluding hydrogens is 184 g/mol. The molecule has 6 heteroatoms. The largest absolute Gasteiger partial charge is 0.349 e. The standard InChI is InChI=1S/C8H12N4O2/c1-12-7(13)3-2-6(11-12)8(14)10-5-4-9/h2-3H,4-5,9H2,1H3,(H,10,14). The topological polar surface area (TPSA) is 90.0 Å². The third-order valence-corrected chi connectivity index (χ3v) is 1.62. The van der Waals surface area contributed by atoms with Crippen LogP contribution in [0.4, 0.5) is 0 Å². The molecule has 0 unspecified atom stereocenters. The van der Waals surface area contributed by atoms with Crippen molar-refractivity contribution in [2.75, 3.05) is 13.1 Å². The minimum absolute atomic E-state index is 0.209. The summed E-state index contributed by atoms with van der Waals surface area (Å²) in [5.74, 6) is -0.328. The van der Waals surface area contributed by atoms with Gasteiger partial charge in [-0.05, 0) is 6.07 Å². The number of carbonyl (C=O) groups is 1. The number of rotatable bonds is 3. The van der Waals surface area contributed by atoms with Gasteiger partial charge < -0.3 is 11.1 Å². The van der Waals surface area contributed by atoms with E-state index < -0.39 is 0 Å². The van der Waals surface area contributed by atoms with E-state index in [0.717, 1.165) is 4.68 Å². The molecule has 1 aromatic rings. The van der Waals surface area contributed by atoms with Crippen LogP contribution in [-0.2, 0) is 7.05 Å². The lowest BCUT2D eigenvalue weighted by molar-refractivity contribution is 0.0947. The van der Waals surface area contributed by atoms with Crippen LogP contribution in [0.25, 0.3) is 0 Å². The van der Waals surface area contributed by atoms with Crippen molar-refractivity contribution >= 4 is 5.91 Å². The molecule has 0 atom stereocenters. The Hall–Kier alpha value is -1.69. The molecule has 3 N–H and O–H groups in total. The molecule has 1 aromatic heterocycles. The molecule has 6 nitrogen and oxygen atoms in total. The molecular formula is C8H12N4O2. The zero-order valence-corrected chi connectivity index (χ0v) is 7.86. The number of amides is 1. The number of nitrogens with two attached hydrogens (primary N) is 1. The molecule has 0 aliphatic heterocycles. The summed E-state index contributed by atoms with van der Waals surface area (Å²) in [5, 5.41) is 6.33. The first-order chi connectivity index (χ1) is 6.65. The Morgan fingerprint density at radius 3 is 2.93 bits per heavy atom. The van der Waals surface area contributed by atoms with E-state index in [4.69, 9.17) is 5.73 Å². The second-order valence-electron chi connectivity index (χ2n) is 2.72. The molecule has 0 aliphatic rings. The second-order valence-corrected chi connectivity index (χ2v) is 2.72. The first-order valence-corrected chi connectivity index (χ1v) is 4.18. The van der Waals surface area contributed by atoms with Gasteiger partial charge in [-0.15, -0.1) is 0 Å². The highest BCUT2D eigenvalue weighted by Crippen LogP contribution is 1.88. The van der Waals surface area contributed by atoms with Crippen molar-refractivity contribution in [2.24, 2.45) is 12.8 Å². The van der Waals surface area contributed by atoms with E-state index >= 15 is 0 Å². The first kappa shape index (κ1) is 10.4. The lowest BCUT2D eigenvalue weighted by Crippen LogP contribution is -2.31. The molecule has 14 heavy (non-hydrogen) atoms. The Morgan fingerprint density at radius 1 is 1.64 bits per heavy atom. The monoisotopic (exact) mass is 196 g/mol. The van der Waals surface area contributed by atoms with Gasteiger partial charge in [-0.3, -0.25) is 9.59 Å². The van der Waals surface area contributed by atoms with Gasteiger partial charge in [0.15, 0.2) is 0 Å². The van der Waals surface area contributed by atoms with Gasteiger partial charge in [-0.2, -0.15) is 5.10 Å². The first-order valence-electron chi connectivity index (χ1n) is 4.18. The number of nitrogens with zero attached hydrogens (tertiary/aromatic N) is 2. The average molecular weight is 196 g/mol. The quantitative estimate of drug-likeness (QED) is 0.613. The Balaban J connectivity index is 2.81. The highest BCUT2D eigenvalue weighted by Gasteiger charge is 2.06. The Labute approximate surface area is 80.7 Å². The molecule has 0 bridgehead atoms. The van der Waals surface area contributed by atoms with E-state index in [1.165, 1.54) is 19.2 Å². The lowest BCUT2D eigenvalue weighted by atomic mass is 10.3. The van der Waals surface area contributed by atoms with E-state index in [9.17, 15) is 9.59 Å². The summed E-state index contributed by atoms with van der Waals surface area (Å²) < 4.78 is 1.11. The van der Waals surface area contributed by atoms with Crippen molar-refractivity contribution < 1.29 is 4.79 Å². The molecule has 0 spiro atoms. The fourth-order valence-corrected chi connectivity index (χ4v) is 0.900. The Morgan fingerprint density at radius 2 is 2.36 bits per heavy atom. The van der Waals surface area contributed by atoms with Gasteiger partial charge in [0.05, 0.1) is 0 Å². The normalized spacial score (nSPS) is 9.86. The van der Waals surface area contributed by atoms with Crippen LogP contribution in [-0.4, -0.2) is 28.8 Å². The molecule has 0 aromatic carbocycles. The molecule has 76 valence electrons. The predicted octanol–water partition coefficient (Wildman–Crippen LogP) is -1.53. The maximum atomic E-state index is 11.3. The highest BCUT2D eigenvalue weighted by molar-refractivity contribution is 5.91. The molecule has 0 fully saturated rings. The van der Waals surface area contributed by atoms with Crippen molar-refractivity contribution in [3.05, 3.63) is 28.2 Å². The van der Waals surface area contributed by atoms with Crippen LogP contribution in [0.5, 0.6) is 0 Å².